The van der Waals surface area contributed by atoms with E-state index in [1.54, 1.807) is 13.0 Å². The molecule has 0 aromatic heterocycles. The van der Waals surface area contributed by atoms with E-state index in [0.29, 0.717) is 12.2 Å². The van der Waals surface area contributed by atoms with Crippen molar-refractivity contribution < 1.29 is 18.0 Å². The van der Waals surface area contributed by atoms with Crippen LogP contribution in [0.25, 0.3) is 0 Å². The molecule has 0 atom stereocenters. The summed E-state index contributed by atoms with van der Waals surface area (Å²) in [6.45, 7) is 11.0. The van der Waals surface area contributed by atoms with Crippen molar-refractivity contribution in [1.29, 1.82) is 0 Å². The topological polar surface area (TPSA) is 26.8 Å². The van der Waals surface area contributed by atoms with Crippen molar-refractivity contribution in [1.82, 2.24) is 9.80 Å². The van der Waals surface area contributed by atoms with Crippen LogP contribution in [0, 0.1) is 5.92 Å². The molecule has 1 saturated heterocycles. The molecule has 0 N–H and O–H groups in total. The second kappa shape index (κ2) is 14.5. The number of hydrogen-bond donors (Lipinski definition) is 0. The third-order valence-corrected chi connectivity index (χ3v) is 5.79. The van der Waals surface area contributed by atoms with Gasteiger partial charge in [0.15, 0.2) is 0 Å². The summed E-state index contributed by atoms with van der Waals surface area (Å²) >= 11 is 0. The zero-order valence-electron chi connectivity index (χ0n) is 20.5. The maximum absolute atomic E-state index is 12.6. The van der Waals surface area contributed by atoms with Crippen LogP contribution in [0.5, 0.6) is 0 Å². The average molecular weight is 458 g/mol. The van der Waals surface area contributed by atoms with Crippen LogP contribution in [-0.4, -0.2) is 68.9 Å². The molecule has 0 unspecified atom stereocenters. The molecule has 4 nitrogen and oxygen atoms in total. The zero-order chi connectivity index (χ0) is 24.1. The quantitative estimate of drug-likeness (QED) is 0.591. The molecule has 1 aliphatic heterocycles. The van der Waals surface area contributed by atoms with E-state index in [1.165, 1.54) is 44.2 Å². The molecule has 0 bridgehead atoms. The van der Waals surface area contributed by atoms with Gasteiger partial charge in [0.2, 0.25) is 0 Å². The Morgan fingerprint density at radius 2 is 1.66 bits per heavy atom. The van der Waals surface area contributed by atoms with Crippen LogP contribution >= 0.6 is 0 Å². The number of hydrogen-bond acceptors (Lipinski definition) is 4. The number of alkyl halides is 3. The van der Waals surface area contributed by atoms with Crippen molar-refractivity contribution in [2.45, 2.75) is 59.1 Å². The largest absolute Gasteiger partial charge is 0.416 e. The Bertz CT molecular complexity index is 650. The summed E-state index contributed by atoms with van der Waals surface area (Å²) in [5, 5.41) is 0. The molecule has 0 spiro atoms. The fourth-order valence-corrected chi connectivity index (χ4v) is 3.95. The van der Waals surface area contributed by atoms with Gasteiger partial charge in [0, 0.05) is 31.9 Å². The van der Waals surface area contributed by atoms with Gasteiger partial charge in [-0.05, 0) is 51.7 Å². The summed E-state index contributed by atoms with van der Waals surface area (Å²) in [5.41, 5.74) is 0.0958. The lowest BCUT2D eigenvalue weighted by Gasteiger charge is -2.35. The zero-order valence-corrected chi connectivity index (χ0v) is 20.5. The van der Waals surface area contributed by atoms with Gasteiger partial charge in [-0.3, -0.25) is 4.79 Å². The normalized spacial score (nSPS) is 17.8. The molecule has 1 aromatic carbocycles. The number of nitrogens with zero attached hydrogens (tertiary/aromatic N) is 3. The van der Waals surface area contributed by atoms with Gasteiger partial charge in [-0.15, -0.1) is 0 Å². The fourth-order valence-electron chi connectivity index (χ4n) is 3.95. The standard InChI is InChI=1S/C13H17F3N2.C7H14.C5H11NO/c1-2-17-6-8-18(9-7-17)12-5-3-4-11(10-12)13(14,15)16;1-7-5-3-2-4-6-7;1-5(7)4-6(2)3/h3-5,10H,2,6-9H2,1H3;7H,2-6H2,1H3;4H2,1-3H3. The van der Waals surface area contributed by atoms with Crippen molar-refractivity contribution in [3.8, 4) is 0 Å². The number of ketones is 1. The lowest BCUT2D eigenvalue weighted by molar-refractivity contribution is -0.137. The fraction of sp³-hybridized carbons (Fsp3) is 0.720. The number of piperazine rings is 1. The lowest BCUT2D eigenvalue weighted by atomic mass is 9.91. The van der Waals surface area contributed by atoms with Crippen LogP contribution in [0.3, 0.4) is 0 Å². The van der Waals surface area contributed by atoms with Crippen molar-refractivity contribution in [3.05, 3.63) is 29.8 Å². The number of anilines is 1. The molecule has 1 aromatic rings. The van der Waals surface area contributed by atoms with E-state index < -0.39 is 11.7 Å². The highest BCUT2D eigenvalue weighted by atomic mass is 19.4. The molecule has 1 saturated carbocycles. The molecule has 2 aliphatic rings. The Labute approximate surface area is 192 Å². The number of Topliss-reactive ketones (excluding diaryl/α,β-unsaturated/α-hetero) is 1. The van der Waals surface area contributed by atoms with Crippen molar-refractivity contribution >= 4 is 11.5 Å². The molecule has 184 valence electrons. The number of carbonyl (C=O) groups excluding carboxylic acids is 1. The molecule has 7 heteroatoms. The molecular weight excluding hydrogens is 415 g/mol. The summed E-state index contributed by atoms with van der Waals surface area (Å²) in [6.07, 6.45) is 3.17. The first-order valence-corrected chi connectivity index (χ1v) is 11.8. The predicted molar refractivity (Wildman–Crippen MR) is 127 cm³/mol. The van der Waals surface area contributed by atoms with Gasteiger partial charge in [-0.2, -0.15) is 13.2 Å². The van der Waals surface area contributed by atoms with E-state index in [-0.39, 0.29) is 5.78 Å². The van der Waals surface area contributed by atoms with Gasteiger partial charge in [0.05, 0.1) is 12.1 Å². The van der Waals surface area contributed by atoms with E-state index in [4.69, 9.17) is 0 Å². The molecule has 3 rings (SSSR count). The maximum atomic E-state index is 12.6. The van der Waals surface area contributed by atoms with Crippen molar-refractivity contribution in [2.24, 2.45) is 5.92 Å². The SMILES string of the molecule is CC(=O)CN(C)C.CC1CCCCC1.CCN1CCN(c2cccc(C(F)(F)F)c2)CC1. The average Bonchev–Trinajstić information content (AvgIpc) is 2.74. The Hall–Kier alpha value is -1.60. The summed E-state index contributed by atoms with van der Waals surface area (Å²) in [6, 6.07) is 5.58. The van der Waals surface area contributed by atoms with Crippen LogP contribution in [-0.2, 0) is 11.0 Å². The number of halogens is 3. The van der Waals surface area contributed by atoms with Crippen LogP contribution in [0.15, 0.2) is 24.3 Å². The highest BCUT2D eigenvalue weighted by molar-refractivity contribution is 5.77. The highest BCUT2D eigenvalue weighted by Gasteiger charge is 2.31. The smallest absolute Gasteiger partial charge is 0.369 e. The third kappa shape index (κ3) is 11.9. The van der Waals surface area contributed by atoms with Crippen molar-refractivity contribution in [3.63, 3.8) is 0 Å². The summed E-state index contributed by atoms with van der Waals surface area (Å²) in [4.78, 5) is 16.4. The molecular formula is C25H42F3N3O. The van der Waals surface area contributed by atoms with E-state index >= 15 is 0 Å². The summed E-state index contributed by atoms with van der Waals surface area (Å²) < 4.78 is 37.9. The molecule has 0 radical (unpaired) electrons. The third-order valence-electron chi connectivity index (χ3n) is 5.79. The van der Waals surface area contributed by atoms with Gasteiger partial charge in [0.1, 0.15) is 5.78 Å². The Kier molecular flexibility index (Phi) is 12.9. The summed E-state index contributed by atoms with van der Waals surface area (Å²) in [5.74, 6) is 1.25. The molecule has 2 fully saturated rings. The first-order valence-electron chi connectivity index (χ1n) is 11.8. The van der Waals surface area contributed by atoms with Crippen LogP contribution < -0.4 is 4.90 Å². The minimum Gasteiger partial charge on any atom is -0.369 e. The Morgan fingerprint density at radius 1 is 1.06 bits per heavy atom. The van der Waals surface area contributed by atoms with E-state index in [1.807, 2.05) is 23.9 Å². The van der Waals surface area contributed by atoms with Gasteiger partial charge in [-0.25, -0.2) is 0 Å². The summed E-state index contributed by atoms with van der Waals surface area (Å²) in [7, 11) is 3.75. The van der Waals surface area contributed by atoms with Crippen LogP contribution in [0.2, 0.25) is 0 Å². The number of carbonyl (C=O) groups is 1. The molecule has 1 aliphatic carbocycles. The first kappa shape index (κ1) is 28.4. The number of likely N-dealkylation sites (N-methyl/N-ethyl adjacent to an activating group) is 2. The van der Waals surface area contributed by atoms with Gasteiger partial charge in [-0.1, -0.05) is 52.0 Å². The monoisotopic (exact) mass is 457 g/mol. The highest BCUT2D eigenvalue weighted by Crippen LogP contribution is 2.31. The van der Waals surface area contributed by atoms with E-state index in [2.05, 4.69) is 18.7 Å². The first-order chi connectivity index (χ1) is 15.0. The van der Waals surface area contributed by atoms with Crippen LogP contribution in [0.4, 0.5) is 18.9 Å². The van der Waals surface area contributed by atoms with E-state index in [9.17, 15) is 18.0 Å². The van der Waals surface area contributed by atoms with Crippen LogP contribution in [0.1, 0.15) is 58.4 Å². The van der Waals surface area contributed by atoms with Gasteiger partial charge < -0.3 is 14.7 Å². The van der Waals surface area contributed by atoms with Gasteiger partial charge in [0.25, 0.3) is 0 Å². The van der Waals surface area contributed by atoms with Gasteiger partial charge >= 0.3 is 6.18 Å². The number of rotatable bonds is 4. The number of benzene rings is 1. The van der Waals surface area contributed by atoms with E-state index in [0.717, 1.165) is 44.7 Å². The van der Waals surface area contributed by atoms with Crippen molar-refractivity contribution in [2.75, 3.05) is 58.3 Å². The molecule has 1 heterocycles. The Balaban J connectivity index is 0.000000300. The Morgan fingerprint density at radius 3 is 2.03 bits per heavy atom. The maximum Gasteiger partial charge on any atom is 0.416 e. The minimum atomic E-state index is -4.26. The molecule has 0 amide bonds. The second-order valence-corrected chi connectivity index (χ2v) is 9.15. The lowest BCUT2D eigenvalue weighted by Crippen LogP contribution is -2.46. The minimum absolute atomic E-state index is 0.213. The molecule has 32 heavy (non-hydrogen) atoms. The predicted octanol–water partition coefficient (Wildman–Crippen LogP) is 5.57. The second-order valence-electron chi connectivity index (χ2n) is 9.15.